The van der Waals surface area contributed by atoms with Crippen molar-refractivity contribution in [2.45, 2.75) is 30.0 Å². The fourth-order valence-corrected chi connectivity index (χ4v) is 6.76. The Morgan fingerprint density at radius 2 is 1.15 bits per heavy atom. The van der Waals surface area contributed by atoms with Crippen LogP contribution in [-0.4, -0.2) is 29.4 Å². The van der Waals surface area contributed by atoms with E-state index in [2.05, 4.69) is 0 Å². The lowest BCUT2D eigenvalue weighted by atomic mass is 10.0. The number of phenols is 1. The van der Waals surface area contributed by atoms with Gasteiger partial charge in [-0.05, 0) is 84.9 Å². The molecule has 0 unspecified atom stereocenters. The van der Waals surface area contributed by atoms with Gasteiger partial charge in [-0.2, -0.15) is 13.2 Å². The lowest BCUT2D eigenvalue weighted by Crippen LogP contribution is -2.21. The number of hydrogen-bond acceptors (Lipinski definition) is 6. The van der Waals surface area contributed by atoms with Crippen LogP contribution in [0.15, 0.2) is 140 Å². The normalized spacial score (nSPS) is 11.6. The Kier molecular flexibility index (Phi) is 10.9. The topological polar surface area (TPSA) is 94.5 Å². The van der Waals surface area contributed by atoms with Crippen LogP contribution < -0.4 is 0 Å². The summed E-state index contributed by atoms with van der Waals surface area (Å²) in [6.07, 6.45) is 0. The summed E-state index contributed by atoms with van der Waals surface area (Å²) in [5.41, 5.74) is -5.39. The molecule has 0 bridgehead atoms. The summed E-state index contributed by atoms with van der Waals surface area (Å²) in [7, 11) is -6.71. The first-order valence-corrected chi connectivity index (χ1v) is 16.3. The number of halogens is 6. The van der Waals surface area contributed by atoms with Gasteiger partial charge in [0.05, 0.1) is 21.4 Å². The van der Waals surface area contributed by atoms with E-state index < -0.39 is 38.1 Å². The summed E-state index contributed by atoms with van der Waals surface area (Å²) < 4.78 is 101. The van der Waals surface area contributed by atoms with Crippen molar-refractivity contribution in [3.63, 3.8) is 0 Å². The fraction of sp³-hybridized carbons (Fsp3) is 0.0312. The Labute approximate surface area is 266 Å². The van der Waals surface area contributed by atoms with Crippen molar-refractivity contribution in [1.82, 2.24) is 0 Å². The van der Waals surface area contributed by atoms with Gasteiger partial charge < -0.3 is 9.66 Å². The van der Waals surface area contributed by atoms with E-state index in [0.717, 1.165) is 37.4 Å². The number of phenolic OH excluding ortho intramolecular Hbond substituents is 1. The van der Waals surface area contributed by atoms with Gasteiger partial charge in [-0.15, -0.1) is 0 Å². The molecule has 5 rings (SSSR count). The Balaban J connectivity index is 0.000000533. The van der Waals surface area contributed by atoms with E-state index >= 15 is 0 Å². The minimum Gasteiger partial charge on any atom is -0.741 e. The monoisotopic (exact) mass is 694 g/mol. The molecule has 0 aromatic heterocycles. The van der Waals surface area contributed by atoms with Crippen LogP contribution >= 0.6 is 11.8 Å². The van der Waals surface area contributed by atoms with E-state index in [1.807, 2.05) is 24.3 Å². The first-order chi connectivity index (χ1) is 21.6. The van der Waals surface area contributed by atoms with Gasteiger partial charge in [-0.25, -0.2) is 21.6 Å². The summed E-state index contributed by atoms with van der Waals surface area (Å²) in [6, 6.07) is 30.5. The number of ketones is 1. The van der Waals surface area contributed by atoms with Crippen molar-refractivity contribution >= 4 is 38.6 Å². The average molecular weight is 695 g/mol. The van der Waals surface area contributed by atoms with Gasteiger partial charge in [0.25, 0.3) is 0 Å². The maximum absolute atomic E-state index is 15.0. The molecule has 1 N–H and O–H groups in total. The second-order valence-electron chi connectivity index (χ2n) is 9.18. The highest BCUT2D eigenvalue weighted by Gasteiger charge is 2.37. The minimum absolute atomic E-state index is 0.101. The first kappa shape index (κ1) is 34.6. The van der Waals surface area contributed by atoms with Crippen LogP contribution in [0, 0.1) is 17.5 Å². The Hall–Kier alpha value is -4.24. The fourth-order valence-electron chi connectivity index (χ4n) is 3.87. The molecule has 0 aliphatic carbocycles. The standard InChI is InChI=1S/C31H19F3O2S2.CHF3O3S/c32-21-6-12-24(13-7-21)38(25-14-8-22(33)9-15-25)26-16-10-23(11-17-26)37-30-19-29(35)27(18-28(30)34)31(36)20-4-2-1-3-5-20;2-1(3,4)8(5,6)7/h1-19H;(H,5,6,7). The molecule has 0 aliphatic rings. The predicted octanol–water partition coefficient (Wildman–Crippen LogP) is 8.34. The smallest absolute Gasteiger partial charge is 0.485 e. The largest absolute Gasteiger partial charge is 0.741 e. The number of rotatable bonds is 7. The molecule has 238 valence electrons. The summed E-state index contributed by atoms with van der Waals surface area (Å²) >= 11 is 1.12. The molecule has 0 saturated heterocycles. The SMILES string of the molecule is O=C(c1ccccc1)c1cc(F)c(Sc2ccc([S+](c3ccc(F)cc3)c3ccc(F)cc3)cc2)cc1O.O=S(=O)([O-])C(F)(F)F. The second-order valence-corrected chi connectivity index (χ2v) is 13.7. The molecule has 5 aromatic rings. The van der Waals surface area contributed by atoms with E-state index in [1.54, 1.807) is 54.6 Å². The third-order valence-electron chi connectivity index (χ3n) is 6.00. The van der Waals surface area contributed by atoms with Crippen molar-refractivity contribution < 1.29 is 49.2 Å². The van der Waals surface area contributed by atoms with Gasteiger partial charge in [0.1, 0.15) is 23.2 Å². The molecule has 0 radical (unpaired) electrons. The zero-order valence-corrected chi connectivity index (χ0v) is 25.5. The highest BCUT2D eigenvalue weighted by Crippen LogP contribution is 2.37. The molecule has 0 saturated carbocycles. The van der Waals surface area contributed by atoms with Crippen LogP contribution in [0.2, 0.25) is 0 Å². The average Bonchev–Trinajstić information content (AvgIpc) is 3.01. The minimum atomic E-state index is -6.09. The summed E-state index contributed by atoms with van der Waals surface area (Å²) in [5.74, 6) is -2.06. The van der Waals surface area contributed by atoms with E-state index in [-0.39, 0.29) is 27.8 Å². The maximum atomic E-state index is 15.0. The Morgan fingerprint density at radius 3 is 1.59 bits per heavy atom. The Bertz CT molecular complexity index is 1870. The van der Waals surface area contributed by atoms with Crippen LogP contribution in [0.5, 0.6) is 5.75 Å². The molecule has 14 heteroatoms. The summed E-state index contributed by atoms with van der Waals surface area (Å²) in [6.45, 7) is 0. The van der Waals surface area contributed by atoms with Crippen LogP contribution in [0.25, 0.3) is 0 Å². The van der Waals surface area contributed by atoms with Crippen molar-refractivity contribution in [3.8, 4) is 5.75 Å². The van der Waals surface area contributed by atoms with E-state index in [0.29, 0.717) is 5.56 Å². The van der Waals surface area contributed by atoms with Crippen molar-refractivity contribution in [3.05, 3.63) is 144 Å². The zero-order chi connectivity index (χ0) is 33.6. The highest BCUT2D eigenvalue weighted by molar-refractivity contribution is 7.99. The number of alkyl halides is 3. The van der Waals surface area contributed by atoms with Gasteiger partial charge >= 0.3 is 5.51 Å². The number of hydrogen-bond donors (Lipinski definition) is 1. The third kappa shape index (κ3) is 8.72. The van der Waals surface area contributed by atoms with Gasteiger partial charge in [-0.1, -0.05) is 42.1 Å². The third-order valence-corrected chi connectivity index (χ3v) is 9.84. The molecule has 46 heavy (non-hydrogen) atoms. The number of carbonyl (C=O) groups is 1. The quantitative estimate of drug-likeness (QED) is 0.0606. The zero-order valence-electron chi connectivity index (χ0n) is 23.0. The van der Waals surface area contributed by atoms with Gasteiger partial charge in [-0.3, -0.25) is 4.79 Å². The predicted molar refractivity (Wildman–Crippen MR) is 159 cm³/mol. The second kappa shape index (κ2) is 14.5. The number of benzene rings is 5. The molecular weight excluding hydrogens is 675 g/mol. The van der Waals surface area contributed by atoms with Gasteiger partial charge in [0.2, 0.25) is 0 Å². The first-order valence-electron chi connectivity index (χ1n) is 12.8. The van der Waals surface area contributed by atoms with Crippen LogP contribution in [0.4, 0.5) is 26.3 Å². The summed E-state index contributed by atoms with van der Waals surface area (Å²) in [4.78, 5) is 16.2. The van der Waals surface area contributed by atoms with Crippen molar-refractivity contribution in [2.24, 2.45) is 0 Å². The molecule has 0 fully saturated rings. The van der Waals surface area contributed by atoms with Crippen LogP contribution in [0.3, 0.4) is 0 Å². The van der Waals surface area contributed by atoms with E-state index in [9.17, 15) is 36.2 Å². The Morgan fingerprint density at radius 1 is 0.717 bits per heavy atom. The molecule has 0 amide bonds. The van der Waals surface area contributed by atoms with Gasteiger partial charge in [0, 0.05) is 10.5 Å². The molecule has 5 nitrogen and oxygen atoms in total. The molecule has 5 aromatic carbocycles. The van der Waals surface area contributed by atoms with Gasteiger partial charge in [0.15, 0.2) is 30.6 Å². The molecule has 0 spiro atoms. The molecule has 0 atom stereocenters. The lowest BCUT2D eigenvalue weighted by molar-refractivity contribution is -0.0517. The maximum Gasteiger partial charge on any atom is 0.485 e. The highest BCUT2D eigenvalue weighted by atomic mass is 32.2. The number of aromatic hydroxyl groups is 1. The van der Waals surface area contributed by atoms with E-state index in [1.165, 1.54) is 30.3 Å². The van der Waals surface area contributed by atoms with Crippen molar-refractivity contribution in [1.29, 1.82) is 0 Å². The molecule has 0 aliphatic heterocycles. The van der Waals surface area contributed by atoms with E-state index in [4.69, 9.17) is 13.0 Å². The molecular formula is C32H20F6O5S3. The van der Waals surface area contributed by atoms with Crippen molar-refractivity contribution in [2.75, 3.05) is 0 Å². The number of carbonyl (C=O) groups excluding carboxylic acids is 1. The van der Waals surface area contributed by atoms with Crippen LogP contribution in [0.1, 0.15) is 15.9 Å². The lowest BCUT2D eigenvalue weighted by Gasteiger charge is -2.10. The van der Waals surface area contributed by atoms with Crippen LogP contribution in [-0.2, 0) is 21.0 Å². The summed E-state index contributed by atoms with van der Waals surface area (Å²) in [5, 5.41) is 10.5. The molecule has 0 heterocycles.